The van der Waals surface area contributed by atoms with Gasteiger partial charge in [0.2, 0.25) is 5.91 Å². The molecule has 19 heavy (non-hydrogen) atoms. The molecule has 1 aromatic rings. The van der Waals surface area contributed by atoms with Crippen molar-refractivity contribution in [2.75, 3.05) is 11.9 Å². The molecule has 106 valence electrons. The summed E-state index contributed by atoms with van der Waals surface area (Å²) in [4.78, 5) is 19.2. The van der Waals surface area contributed by atoms with Gasteiger partial charge in [0.1, 0.15) is 11.6 Å². The number of carbonyl (C=O) groups excluding carboxylic acids is 1. The number of hydrogen-bond acceptors (Lipinski definition) is 3. The van der Waals surface area contributed by atoms with Gasteiger partial charge in [-0.1, -0.05) is 26.2 Å². The number of H-pyrrole nitrogens is 1. The van der Waals surface area contributed by atoms with Gasteiger partial charge in [-0.15, -0.1) is 0 Å². The fourth-order valence-corrected chi connectivity index (χ4v) is 2.49. The molecule has 0 saturated heterocycles. The molecule has 1 heterocycles. The van der Waals surface area contributed by atoms with E-state index in [1.165, 1.54) is 19.3 Å². The van der Waals surface area contributed by atoms with E-state index in [0.717, 1.165) is 30.9 Å². The molecule has 0 aliphatic heterocycles. The van der Waals surface area contributed by atoms with Crippen molar-refractivity contribution < 1.29 is 4.79 Å². The zero-order chi connectivity index (χ0) is 13.5. The van der Waals surface area contributed by atoms with Crippen molar-refractivity contribution in [3.8, 4) is 0 Å². The number of hydrogen-bond donors (Lipinski definition) is 3. The first-order valence-electron chi connectivity index (χ1n) is 7.35. The average molecular weight is 264 g/mol. The number of aryl methyl sites for hydroxylation is 1. The highest BCUT2D eigenvalue weighted by molar-refractivity contribution is 5.76. The fourth-order valence-electron chi connectivity index (χ4n) is 2.49. The Kier molecular flexibility index (Phi) is 5.24. The molecule has 1 aliphatic rings. The number of aromatic amines is 1. The highest BCUT2D eigenvalue weighted by atomic mass is 16.1. The van der Waals surface area contributed by atoms with Crippen LogP contribution in [0.2, 0.25) is 0 Å². The average Bonchev–Trinajstić information content (AvgIpc) is 2.88. The van der Waals surface area contributed by atoms with Gasteiger partial charge in [-0.3, -0.25) is 4.79 Å². The van der Waals surface area contributed by atoms with Crippen LogP contribution in [0.4, 0.5) is 5.82 Å². The molecule has 0 atom stereocenters. The summed E-state index contributed by atoms with van der Waals surface area (Å²) in [5.41, 5.74) is 0. The first-order valence-corrected chi connectivity index (χ1v) is 7.35. The fraction of sp³-hybridized carbons (Fsp3) is 0.714. The van der Waals surface area contributed by atoms with Gasteiger partial charge in [0.25, 0.3) is 0 Å². The highest BCUT2D eigenvalue weighted by Crippen LogP contribution is 2.17. The summed E-state index contributed by atoms with van der Waals surface area (Å²) in [6.07, 6.45) is 9.26. The number of rotatable bonds is 6. The molecule has 5 nitrogen and oxygen atoms in total. The number of nitrogens with one attached hydrogen (secondary N) is 3. The van der Waals surface area contributed by atoms with Crippen LogP contribution in [0.5, 0.6) is 0 Å². The van der Waals surface area contributed by atoms with Gasteiger partial charge in [0.05, 0.1) is 6.20 Å². The van der Waals surface area contributed by atoms with Crippen molar-refractivity contribution in [3.63, 3.8) is 0 Å². The second-order valence-corrected chi connectivity index (χ2v) is 5.18. The van der Waals surface area contributed by atoms with E-state index >= 15 is 0 Å². The maximum absolute atomic E-state index is 11.8. The topological polar surface area (TPSA) is 69.8 Å². The number of aromatic nitrogens is 2. The number of carbonyl (C=O) groups is 1. The Balaban J connectivity index is 1.63. The van der Waals surface area contributed by atoms with Crippen LogP contribution in [0.1, 0.15) is 51.3 Å². The van der Waals surface area contributed by atoms with Crippen molar-refractivity contribution in [3.05, 3.63) is 12.0 Å². The van der Waals surface area contributed by atoms with Crippen LogP contribution in [0, 0.1) is 0 Å². The van der Waals surface area contributed by atoms with Crippen molar-refractivity contribution in [1.82, 2.24) is 15.3 Å². The van der Waals surface area contributed by atoms with E-state index in [2.05, 4.69) is 27.5 Å². The molecule has 1 aliphatic carbocycles. The van der Waals surface area contributed by atoms with Gasteiger partial charge in [-0.25, -0.2) is 4.98 Å². The molecule has 1 aromatic heterocycles. The lowest BCUT2D eigenvalue weighted by Gasteiger charge is -2.22. The van der Waals surface area contributed by atoms with E-state index in [1.807, 2.05) is 0 Å². The van der Waals surface area contributed by atoms with Gasteiger partial charge >= 0.3 is 0 Å². The summed E-state index contributed by atoms with van der Waals surface area (Å²) in [7, 11) is 0. The van der Waals surface area contributed by atoms with E-state index in [-0.39, 0.29) is 5.91 Å². The van der Waals surface area contributed by atoms with Gasteiger partial charge < -0.3 is 15.6 Å². The molecule has 2 rings (SSSR count). The lowest BCUT2D eigenvalue weighted by Crippen LogP contribution is -2.36. The lowest BCUT2D eigenvalue weighted by atomic mass is 9.95. The van der Waals surface area contributed by atoms with Crippen LogP contribution in [0.25, 0.3) is 0 Å². The van der Waals surface area contributed by atoms with E-state index in [9.17, 15) is 4.79 Å². The Hall–Kier alpha value is -1.52. The zero-order valence-corrected chi connectivity index (χ0v) is 11.7. The third-order valence-electron chi connectivity index (χ3n) is 3.60. The first-order chi connectivity index (χ1) is 9.28. The molecule has 0 spiro atoms. The van der Waals surface area contributed by atoms with E-state index in [1.54, 1.807) is 6.20 Å². The molecule has 0 radical (unpaired) electrons. The third-order valence-corrected chi connectivity index (χ3v) is 3.60. The Morgan fingerprint density at radius 1 is 1.42 bits per heavy atom. The highest BCUT2D eigenvalue weighted by Gasteiger charge is 2.15. The number of anilines is 1. The molecule has 3 N–H and O–H groups in total. The van der Waals surface area contributed by atoms with Crippen LogP contribution < -0.4 is 10.6 Å². The van der Waals surface area contributed by atoms with E-state index in [4.69, 9.17) is 0 Å². The Morgan fingerprint density at radius 2 is 2.21 bits per heavy atom. The predicted octanol–water partition coefficient (Wildman–Crippen LogP) is 2.22. The molecule has 5 heteroatoms. The number of imidazole rings is 1. The van der Waals surface area contributed by atoms with Crippen molar-refractivity contribution in [2.45, 2.75) is 57.9 Å². The van der Waals surface area contributed by atoms with Gasteiger partial charge in [0.15, 0.2) is 0 Å². The molecule has 1 amide bonds. The summed E-state index contributed by atoms with van der Waals surface area (Å²) in [5.74, 6) is 2.01. The van der Waals surface area contributed by atoms with Gasteiger partial charge in [-0.2, -0.15) is 0 Å². The molecule has 0 unspecified atom stereocenters. The van der Waals surface area contributed by atoms with Crippen molar-refractivity contribution >= 4 is 11.7 Å². The SMILES string of the molecule is CCc1ncc(NCCC(=O)NC2CCCCC2)[nH]1. The van der Waals surface area contributed by atoms with E-state index < -0.39 is 0 Å². The number of amides is 1. The monoisotopic (exact) mass is 264 g/mol. The second kappa shape index (κ2) is 7.16. The van der Waals surface area contributed by atoms with Crippen molar-refractivity contribution in [2.24, 2.45) is 0 Å². The quantitative estimate of drug-likeness (QED) is 0.738. The second-order valence-electron chi connectivity index (χ2n) is 5.18. The molecule has 1 saturated carbocycles. The Bertz CT molecular complexity index is 396. The zero-order valence-electron chi connectivity index (χ0n) is 11.7. The van der Waals surface area contributed by atoms with E-state index in [0.29, 0.717) is 19.0 Å². The largest absolute Gasteiger partial charge is 0.370 e. The minimum atomic E-state index is 0.148. The third kappa shape index (κ3) is 4.58. The molecule has 0 aromatic carbocycles. The van der Waals surface area contributed by atoms with Crippen molar-refractivity contribution in [1.29, 1.82) is 0 Å². The van der Waals surface area contributed by atoms with Gasteiger partial charge in [-0.05, 0) is 12.8 Å². The van der Waals surface area contributed by atoms with Crippen LogP contribution in [0.3, 0.4) is 0 Å². The minimum absolute atomic E-state index is 0.148. The summed E-state index contributed by atoms with van der Waals surface area (Å²) in [6.45, 7) is 2.70. The first kappa shape index (κ1) is 13.9. The number of nitrogens with zero attached hydrogens (tertiary/aromatic N) is 1. The normalized spacial score (nSPS) is 16.3. The Labute approximate surface area is 114 Å². The smallest absolute Gasteiger partial charge is 0.221 e. The molecular weight excluding hydrogens is 240 g/mol. The standard InChI is InChI=1S/C14H24N4O/c1-2-12-16-10-13(18-12)15-9-8-14(19)17-11-6-4-3-5-7-11/h10-11,15H,2-9H2,1H3,(H,16,18)(H,17,19). The minimum Gasteiger partial charge on any atom is -0.370 e. The van der Waals surface area contributed by atoms with Gasteiger partial charge in [0, 0.05) is 25.4 Å². The molecule has 0 bridgehead atoms. The molecule has 1 fully saturated rings. The molecular formula is C14H24N4O. The lowest BCUT2D eigenvalue weighted by molar-refractivity contribution is -0.121. The predicted molar refractivity (Wildman–Crippen MR) is 76.1 cm³/mol. The Morgan fingerprint density at radius 3 is 2.89 bits per heavy atom. The summed E-state index contributed by atoms with van der Waals surface area (Å²) >= 11 is 0. The van der Waals surface area contributed by atoms with Crippen LogP contribution in [-0.4, -0.2) is 28.5 Å². The van der Waals surface area contributed by atoms with Crippen LogP contribution in [-0.2, 0) is 11.2 Å². The summed E-state index contributed by atoms with van der Waals surface area (Å²) in [6, 6.07) is 0.403. The van der Waals surface area contributed by atoms with Crippen LogP contribution in [0.15, 0.2) is 6.20 Å². The maximum Gasteiger partial charge on any atom is 0.221 e. The maximum atomic E-state index is 11.8. The summed E-state index contributed by atoms with van der Waals surface area (Å²) in [5, 5.41) is 6.31. The summed E-state index contributed by atoms with van der Waals surface area (Å²) < 4.78 is 0. The van der Waals surface area contributed by atoms with Crippen LogP contribution >= 0.6 is 0 Å².